The van der Waals surface area contributed by atoms with E-state index in [1.807, 2.05) is 18.2 Å². The summed E-state index contributed by atoms with van der Waals surface area (Å²) in [6, 6.07) is 9.09. The van der Waals surface area contributed by atoms with Gasteiger partial charge in [-0.3, -0.25) is 4.79 Å². The van der Waals surface area contributed by atoms with Crippen molar-refractivity contribution in [1.82, 2.24) is 0 Å². The number of carbonyl (C=O) groups is 1. The summed E-state index contributed by atoms with van der Waals surface area (Å²) in [5.41, 5.74) is 0.705. The van der Waals surface area contributed by atoms with Crippen LogP contribution in [0.5, 0.6) is 0 Å². The normalized spacial score (nSPS) is 15.2. The number of amidine groups is 1. The van der Waals surface area contributed by atoms with Gasteiger partial charge in [0.25, 0.3) is 11.7 Å². The lowest BCUT2D eigenvalue weighted by molar-refractivity contribution is -0.116. The van der Waals surface area contributed by atoms with Crippen LogP contribution >= 0.6 is 0 Å². The van der Waals surface area contributed by atoms with Crippen LogP contribution in [0.2, 0.25) is 0 Å². The predicted molar refractivity (Wildman–Crippen MR) is 52.6 cm³/mol. The van der Waals surface area contributed by atoms with Gasteiger partial charge in [-0.1, -0.05) is 24.8 Å². The highest BCUT2D eigenvalue weighted by atomic mass is 16.2. The summed E-state index contributed by atoms with van der Waals surface area (Å²) in [5, 5.41) is 5.18. The Kier molecular flexibility index (Phi) is 1.99. The molecular formula is C10H7N3O. The van der Waals surface area contributed by atoms with E-state index in [1.54, 1.807) is 12.1 Å². The second kappa shape index (κ2) is 3.30. The Balaban J connectivity index is 2.34. The number of para-hydroxylation sites is 1. The van der Waals surface area contributed by atoms with Crippen LogP contribution in [0.25, 0.3) is 4.85 Å². The van der Waals surface area contributed by atoms with E-state index in [-0.39, 0.29) is 18.2 Å². The average molecular weight is 185 g/mol. The molecule has 0 fully saturated rings. The molecule has 1 aromatic carbocycles. The van der Waals surface area contributed by atoms with Gasteiger partial charge in [0.1, 0.15) is 0 Å². The Bertz CT molecular complexity index is 430. The molecule has 1 heterocycles. The molecule has 0 unspecified atom stereocenters. The SMILES string of the molecule is [C-]#[N+]C1=NN(c2ccccc2)C(=O)C1. The second-order valence-corrected chi connectivity index (χ2v) is 2.85. The topological polar surface area (TPSA) is 37.0 Å². The van der Waals surface area contributed by atoms with E-state index < -0.39 is 0 Å². The molecule has 4 nitrogen and oxygen atoms in total. The fourth-order valence-electron chi connectivity index (χ4n) is 1.25. The summed E-state index contributed by atoms with van der Waals surface area (Å²) < 4.78 is 0. The quantitative estimate of drug-likeness (QED) is 0.613. The van der Waals surface area contributed by atoms with Crippen molar-refractivity contribution >= 4 is 17.4 Å². The van der Waals surface area contributed by atoms with Crippen LogP contribution in [0.15, 0.2) is 35.4 Å². The molecular weight excluding hydrogens is 178 g/mol. The highest BCUT2D eigenvalue weighted by Gasteiger charge is 2.28. The highest BCUT2D eigenvalue weighted by molar-refractivity contribution is 6.15. The molecule has 1 aromatic rings. The van der Waals surface area contributed by atoms with E-state index in [0.717, 1.165) is 0 Å². The van der Waals surface area contributed by atoms with Gasteiger partial charge in [0, 0.05) is 0 Å². The lowest BCUT2D eigenvalue weighted by Crippen LogP contribution is -2.19. The number of amides is 1. The molecule has 0 radical (unpaired) electrons. The van der Waals surface area contributed by atoms with E-state index in [9.17, 15) is 4.79 Å². The molecule has 0 saturated carbocycles. The second-order valence-electron chi connectivity index (χ2n) is 2.85. The summed E-state index contributed by atoms with van der Waals surface area (Å²) in [4.78, 5) is 14.6. The maximum absolute atomic E-state index is 11.4. The number of anilines is 1. The Morgan fingerprint density at radius 1 is 1.36 bits per heavy atom. The van der Waals surface area contributed by atoms with Crippen molar-refractivity contribution in [3.63, 3.8) is 0 Å². The zero-order chi connectivity index (χ0) is 9.97. The van der Waals surface area contributed by atoms with Gasteiger partial charge in [-0.2, -0.15) is 0 Å². The fourth-order valence-corrected chi connectivity index (χ4v) is 1.25. The molecule has 0 bridgehead atoms. The molecule has 0 saturated heterocycles. The first-order valence-electron chi connectivity index (χ1n) is 4.14. The van der Waals surface area contributed by atoms with Crippen molar-refractivity contribution in [1.29, 1.82) is 0 Å². The Morgan fingerprint density at radius 2 is 2.07 bits per heavy atom. The monoisotopic (exact) mass is 185 g/mol. The maximum atomic E-state index is 11.4. The van der Waals surface area contributed by atoms with Crippen LogP contribution in [0, 0.1) is 6.57 Å². The smallest absolute Gasteiger partial charge is 0.280 e. The number of hydrazone groups is 1. The van der Waals surface area contributed by atoms with E-state index in [1.165, 1.54) is 5.01 Å². The Labute approximate surface area is 81.3 Å². The summed E-state index contributed by atoms with van der Waals surface area (Å²) in [5.74, 6) is 0.0982. The van der Waals surface area contributed by atoms with Crippen LogP contribution in [-0.4, -0.2) is 11.7 Å². The number of rotatable bonds is 1. The lowest BCUT2D eigenvalue weighted by Gasteiger charge is -2.05. The molecule has 1 amide bonds. The van der Waals surface area contributed by atoms with Crippen molar-refractivity contribution in [2.45, 2.75) is 6.42 Å². The number of hydrogen-bond donors (Lipinski definition) is 0. The first-order chi connectivity index (χ1) is 6.81. The fraction of sp³-hybridized carbons (Fsp3) is 0.100. The van der Waals surface area contributed by atoms with Gasteiger partial charge in [0.2, 0.25) is 0 Å². The van der Waals surface area contributed by atoms with Crippen LogP contribution in [-0.2, 0) is 4.79 Å². The van der Waals surface area contributed by atoms with Crippen molar-refractivity contribution in [3.8, 4) is 0 Å². The first-order valence-corrected chi connectivity index (χ1v) is 4.14. The van der Waals surface area contributed by atoms with Crippen LogP contribution in [0.3, 0.4) is 0 Å². The van der Waals surface area contributed by atoms with Crippen LogP contribution in [0.1, 0.15) is 6.42 Å². The van der Waals surface area contributed by atoms with Gasteiger partial charge in [-0.15, -0.1) is 5.01 Å². The molecule has 2 rings (SSSR count). The van der Waals surface area contributed by atoms with E-state index in [2.05, 4.69) is 9.95 Å². The summed E-state index contributed by atoms with van der Waals surface area (Å²) in [6.45, 7) is 6.76. The van der Waals surface area contributed by atoms with Crippen LogP contribution in [0.4, 0.5) is 5.69 Å². The molecule has 1 aliphatic rings. The summed E-state index contributed by atoms with van der Waals surface area (Å²) >= 11 is 0. The van der Waals surface area contributed by atoms with Crippen molar-refractivity contribution in [2.75, 3.05) is 5.01 Å². The zero-order valence-electron chi connectivity index (χ0n) is 7.34. The maximum Gasteiger partial charge on any atom is 0.280 e. The molecule has 0 N–H and O–H groups in total. The highest BCUT2D eigenvalue weighted by Crippen LogP contribution is 2.19. The molecule has 68 valence electrons. The minimum absolute atomic E-state index is 0.110. The molecule has 0 atom stereocenters. The molecule has 4 heteroatoms. The van der Waals surface area contributed by atoms with Gasteiger partial charge in [0.15, 0.2) is 0 Å². The Morgan fingerprint density at radius 3 is 2.64 bits per heavy atom. The van der Waals surface area contributed by atoms with E-state index in [0.29, 0.717) is 5.69 Å². The van der Waals surface area contributed by atoms with Crippen molar-refractivity contribution < 1.29 is 4.79 Å². The third-order valence-electron chi connectivity index (χ3n) is 1.89. The number of hydrogen-bond acceptors (Lipinski definition) is 2. The average Bonchev–Trinajstić information content (AvgIpc) is 2.61. The largest absolute Gasteiger partial charge is 0.362 e. The third kappa shape index (κ3) is 1.36. The number of nitrogens with zero attached hydrogens (tertiary/aromatic N) is 3. The number of carbonyl (C=O) groups excluding carboxylic acids is 1. The summed E-state index contributed by atoms with van der Waals surface area (Å²) in [7, 11) is 0. The molecule has 0 aromatic heterocycles. The molecule has 14 heavy (non-hydrogen) atoms. The Hall–Kier alpha value is -2.15. The third-order valence-corrected chi connectivity index (χ3v) is 1.89. The van der Waals surface area contributed by atoms with Gasteiger partial charge in [-0.25, -0.2) is 0 Å². The first kappa shape index (κ1) is 8.45. The standard InChI is InChI=1S/C10H7N3O/c1-11-9-7-10(14)13(12-9)8-5-3-2-4-6-8/h2-6H,7H2. The van der Waals surface area contributed by atoms with Gasteiger partial charge < -0.3 is 4.85 Å². The number of benzene rings is 1. The minimum Gasteiger partial charge on any atom is -0.362 e. The van der Waals surface area contributed by atoms with Gasteiger partial charge in [0.05, 0.1) is 12.1 Å². The molecule has 0 aliphatic carbocycles. The molecule has 1 aliphatic heterocycles. The van der Waals surface area contributed by atoms with Gasteiger partial charge in [-0.05, 0) is 17.2 Å². The predicted octanol–water partition coefficient (Wildman–Crippen LogP) is 1.66. The van der Waals surface area contributed by atoms with Crippen molar-refractivity contribution in [2.24, 2.45) is 5.10 Å². The minimum atomic E-state index is -0.151. The van der Waals surface area contributed by atoms with E-state index in [4.69, 9.17) is 6.57 Å². The van der Waals surface area contributed by atoms with E-state index >= 15 is 0 Å². The molecule has 0 spiro atoms. The zero-order valence-corrected chi connectivity index (χ0v) is 7.34. The lowest BCUT2D eigenvalue weighted by atomic mass is 10.3. The van der Waals surface area contributed by atoms with Crippen molar-refractivity contribution in [3.05, 3.63) is 41.7 Å². The van der Waals surface area contributed by atoms with Crippen LogP contribution < -0.4 is 5.01 Å². The summed E-state index contributed by atoms with van der Waals surface area (Å²) in [6.07, 6.45) is 0.110. The van der Waals surface area contributed by atoms with Gasteiger partial charge >= 0.3 is 0 Å².